The van der Waals surface area contributed by atoms with E-state index in [0.717, 1.165) is 45.3 Å². The van der Waals surface area contributed by atoms with E-state index in [2.05, 4.69) is 54.7 Å². The van der Waals surface area contributed by atoms with Crippen LogP contribution in [0.15, 0.2) is 118 Å². The molecule has 0 radical (unpaired) electrons. The van der Waals surface area contributed by atoms with Crippen molar-refractivity contribution in [1.82, 2.24) is 66.8 Å². The number of carbonyl (C=O) groups is 8. The molecular weight excluding hydrogens is 1290 g/mol. The lowest BCUT2D eigenvalue weighted by Gasteiger charge is -2.26. The van der Waals surface area contributed by atoms with Crippen molar-refractivity contribution in [3.8, 4) is 49.1 Å². The van der Waals surface area contributed by atoms with Crippen LogP contribution in [0.1, 0.15) is 111 Å². The Hall–Kier alpha value is -9.67. The van der Waals surface area contributed by atoms with E-state index >= 15 is 0 Å². The topological polar surface area (TPSA) is 398 Å². The number of carboxylic acids is 1. The Morgan fingerprint density at radius 1 is 0.659 bits per heavy atom. The lowest BCUT2D eigenvalue weighted by atomic mass is 9.97. The van der Waals surface area contributed by atoms with Crippen LogP contribution in [0.4, 0.5) is 0 Å². The summed E-state index contributed by atoms with van der Waals surface area (Å²) in [4.78, 5) is 142. The molecule has 2 aliphatic rings. The molecular formula is C59H50N14O12S6. The zero-order chi connectivity index (χ0) is 64.4. The number of aliphatic carboxylic acids is 1. The van der Waals surface area contributed by atoms with E-state index in [1.54, 1.807) is 72.3 Å². The van der Waals surface area contributed by atoms with E-state index in [1.807, 2.05) is 12.2 Å². The Morgan fingerprint density at radius 3 is 2.00 bits per heavy atom. The summed E-state index contributed by atoms with van der Waals surface area (Å²) in [6, 6.07) is 13.5. The molecule has 7 atom stereocenters. The minimum Gasteiger partial charge on any atom is -0.508 e. The molecule has 9 heterocycles. The monoisotopic (exact) mass is 1340 g/mol. The number of nitrogens with two attached hydrogens (primary N) is 1. The number of phenolic OH excluding ortho intramolecular Hbond substituents is 1. The number of aliphatic hydroxyl groups excluding tert-OH is 1. The van der Waals surface area contributed by atoms with Crippen molar-refractivity contribution in [2.24, 2.45) is 11.7 Å². The Balaban J connectivity index is 0.984. The third kappa shape index (κ3) is 14.3. The maximum atomic E-state index is 14.9. The minimum atomic E-state index is -1.49. The molecule has 464 valence electrons. The van der Waals surface area contributed by atoms with Crippen LogP contribution in [0.5, 0.6) is 5.75 Å². The van der Waals surface area contributed by atoms with Crippen LogP contribution in [-0.4, -0.2) is 116 Å². The Labute approximate surface area is 539 Å². The first kappa shape index (κ1) is 62.9. The van der Waals surface area contributed by atoms with Crippen LogP contribution in [0.25, 0.3) is 43.4 Å². The van der Waals surface area contributed by atoms with Gasteiger partial charge < -0.3 is 57.7 Å². The highest BCUT2D eigenvalue weighted by Gasteiger charge is 2.40. The number of hydrogen-bond donors (Lipinski definition) is 10. The van der Waals surface area contributed by atoms with Crippen molar-refractivity contribution in [3.05, 3.63) is 172 Å². The van der Waals surface area contributed by atoms with Gasteiger partial charge in [-0.15, -0.1) is 68.0 Å². The zero-order valence-corrected chi connectivity index (χ0v) is 52.4. The quantitative estimate of drug-likeness (QED) is 0.0407. The minimum absolute atomic E-state index is 0.00928. The Kier molecular flexibility index (Phi) is 18.5. The fourth-order valence-corrected chi connectivity index (χ4v) is 14.6. The SMILES string of the molecule is C=C(NC(=O)C(=C)NC(=O)c1csc(-c2ccc3c(n2)-c2csc(n2)-c2csc(n2)[C@H]([C@@H](C)C2CO2)NC(=O)[C@H](Cc2ccc(O)cc2)NC(=O)c2csc(n2)[C@H]([C@H](O)c2ccccc2)NC(=O)c2nc(sc2C)[C@H](CC(N)=O)NC(=O)c2csc-3n2)n1)C(=O)O. The number of nitrogens with one attached hydrogen (secondary N) is 6. The third-order valence-corrected chi connectivity index (χ3v) is 19.7. The van der Waals surface area contributed by atoms with Gasteiger partial charge in [-0.05, 0) is 42.3 Å². The zero-order valence-electron chi connectivity index (χ0n) is 47.5. The van der Waals surface area contributed by atoms with Crippen LogP contribution in [0, 0.1) is 12.8 Å². The molecule has 91 heavy (non-hydrogen) atoms. The summed E-state index contributed by atoms with van der Waals surface area (Å²) in [6.07, 6.45) is -2.13. The number of amides is 7. The van der Waals surface area contributed by atoms with Crippen LogP contribution in [-0.2, 0) is 30.3 Å². The van der Waals surface area contributed by atoms with E-state index in [-0.39, 0.29) is 73.4 Å². The summed E-state index contributed by atoms with van der Waals surface area (Å²) in [5.74, 6) is -7.31. The summed E-state index contributed by atoms with van der Waals surface area (Å²) in [6.45, 7) is 10.7. The van der Waals surface area contributed by atoms with Gasteiger partial charge in [0.25, 0.3) is 29.5 Å². The molecule has 1 unspecified atom stereocenters. The van der Waals surface area contributed by atoms with Crippen molar-refractivity contribution in [2.75, 3.05) is 6.61 Å². The number of primary amides is 1. The second-order valence-corrected chi connectivity index (χ2v) is 26.2. The third-order valence-electron chi connectivity index (χ3n) is 14.2. The van der Waals surface area contributed by atoms with Crippen molar-refractivity contribution in [1.29, 1.82) is 0 Å². The van der Waals surface area contributed by atoms with E-state index in [1.165, 1.54) is 50.9 Å². The van der Waals surface area contributed by atoms with Crippen molar-refractivity contribution in [3.63, 3.8) is 0 Å². The highest BCUT2D eigenvalue weighted by Crippen LogP contribution is 2.41. The molecule has 32 heteroatoms. The standard InChI is InChI=1S/C59H50N14O12S6/c1-24(40-18-85-40)42-57-70-39(23-90-57)55-66-35(19-87-55)44-31(14-15-32(63-44)54-68-36(21-88-54)49(79)61-25(2)47(77)62-26(3)59(83)84)53-67-37(20-86-53)51(81)65-34(17-41(60)75)56-73-43(27(4)91-56)52(82)72-45(46(76)29-8-6-5-7-9-29)58-69-38(22-89-58)50(80)64-33(48(78)71-42)16-28-10-12-30(74)13-11-28/h5-15,19-24,33-34,40,42,45-46,74,76H,2-3,16-18H2,1,4H3,(H2,60,75)(H,61,79)(H,62,77)(H,64,80)(H,65,81)(H,71,78)(H,72,82)(H,83,84)/t24-,33-,34-,40?,42-,45-,46+/m0/s1. The number of nitrogens with zero attached hydrogens (tertiary/aromatic N) is 7. The van der Waals surface area contributed by atoms with Gasteiger partial charge in [0.1, 0.15) is 99.5 Å². The average molecular weight is 1340 g/mol. The van der Waals surface area contributed by atoms with Gasteiger partial charge in [-0.1, -0.05) is 62.5 Å². The first-order chi connectivity index (χ1) is 43.6. The summed E-state index contributed by atoms with van der Waals surface area (Å²) in [7, 11) is 0. The van der Waals surface area contributed by atoms with Crippen LogP contribution >= 0.6 is 68.0 Å². The van der Waals surface area contributed by atoms with Gasteiger partial charge >= 0.3 is 5.97 Å². The number of ether oxygens (including phenoxy) is 1. The molecule has 9 aromatic rings. The van der Waals surface area contributed by atoms with E-state index in [4.69, 9.17) is 35.5 Å². The average Bonchev–Trinajstić information content (AvgIpc) is 1.74. The van der Waals surface area contributed by atoms with Crippen LogP contribution in [0.2, 0.25) is 0 Å². The van der Waals surface area contributed by atoms with Gasteiger partial charge in [0.2, 0.25) is 11.8 Å². The summed E-state index contributed by atoms with van der Waals surface area (Å²) >= 11 is 6.64. The molecule has 0 spiro atoms. The number of hydrogen-bond acceptors (Lipinski definition) is 24. The maximum Gasteiger partial charge on any atom is 0.351 e. The predicted molar refractivity (Wildman–Crippen MR) is 338 cm³/mol. The molecule has 0 saturated carbocycles. The van der Waals surface area contributed by atoms with E-state index in [9.17, 15) is 48.6 Å². The number of aryl methyl sites for hydroxylation is 1. The Bertz CT molecular complexity index is 4360. The molecule has 7 aromatic heterocycles. The lowest BCUT2D eigenvalue weighted by molar-refractivity contribution is -0.134. The Morgan fingerprint density at radius 2 is 1.29 bits per heavy atom. The van der Waals surface area contributed by atoms with Gasteiger partial charge in [0.05, 0.1) is 42.6 Å². The highest BCUT2D eigenvalue weighted by atomic mass is 32.1. The number of aromatic hydroxyl groups is 1. The number of rotatable bonds is 14. The first-order valence-corrected chi connectivity index (χ1v) is 32.5. The number of phenols is 1. The first-order valence-electron chi connectivity index (χ1n) is 27.3. The van der Waals surface area contributed by atoms with Gasteiger partial charge in [-0.25, -0.2) is 39.7 Å². The summed E-state index contributed by atoms with van der Waals surface area (Å²) in [5.41, 5.74) is 6.92. The van der Waals surface area contributed by atoms with Gasteiger partial charge in [-0.2, -0.15) is 0 Å². The molecule has 2 aliphatic heterocycles. The number of aliphatic hydroxyl groups is 1. The van der Waals surface area contributed by atoms with Crippen molar-refractivity contribution < 1.29 is 58.4 Å². The summed E-state index contributed by atoms with van der Waals surface area (Å²) in [5, 5.41) is 56.9. The van der Waals surface area contributed by atoms with Crippen molar-refractivity contribution in [2.45, 2.75) is 63.1 Å². The van der Waals surface area contributed by atoms with E-state index < -0.39 is 95.4 Å². The normalized spacial score (nSPS) is 18.3. The van der Waals surface area contributed by atoms with Gasteiger partial charge in [0.15, 0.2) is 0 Å². The molecule has 10 bridgehead atoms. The molecule has 11 N–H and O–H groups in total. The summed E-state index contributed by atoms with van der Waals surface area (Å²) < 4.78 is 5.75. The smallest absolute Gasteiger partial charge is 0.351 e. The fraction of sp³-hybridized carbons (Fsp3) is 0.203. The largest absolute Gasteiger partial charge is 0.508 e. The molecule has 26 nitrogen and oxygen atoms in total. The molecule has 11 rings (SSSR count). The molecule has 1 saturated heterocycles. The maximum absolute atomic E-state index is 14.9. The van der Waals surface area contributed by atoms with Crippen LogP contribution < -0.4 is 37.6 Å². The predicted octanol–water partition coefficient (Wildman–Crippen LogP) is 6.56. The second-order valence-electron chi connectivity index (χ2n) is 20.6. The number of epoxide rings is 1. The number of pyridine rings is 1. The second kappa shape index (κ2) is 26.8. The number of fused-ring (bicyclic) bond motifs is 14. The fourth-order valence-electron chi connectivity index (χ4n) is 9.32. The number of benzene rings is 2. The van der Waals surface area contributed by atoms with Gasteiger partial charge in [0, 0.05) is 49.7 Å². The lowest BCUT2D eigenvalue weighted by Crippen LogP contribution is -2.50. The molecule has 0 aliphatic carbocycles. The van der Waals surface area contributed by atoms with Crippen LogP contribution in [0.3, 0.4) is 0 Å². The van der Waals surface area contributed by atoms with Gasteiger partial charge in [-0.3, -0.25) is 33.6 Å². The van der Waals surface area contributed by atoms with E-state index in [0.29, 0.717) is 54.6 Å². The number of carboxylic acid groups (broad SMARTS) is 1. The van der Waals surface area contributed by atoms with Crippen molar-refractivity contribution >= 4 is 115 Å². The highest BCUT2D eigenvalue weighted by molar-refractivity contribution is 7.15. The number of aromatic nitrogens is 7. The number of thiazole rings is 6. The number of carbonyl (C=O) groups excluding carboxylic acids is 7. The molecule has 2 aromatic carbocycles. The molecule has 1 fully saturated rings. The molecule has 7 amide bonds.